The van der Waals surface area contributed by atoms with Gasteiger partial charge in [-0.3, -0.25) is 4.99 Å². The average molecular weight is 384 g/mol. The fourth-order valence-electron chi connectivity index (χ4n) is 2.89. The Morgan fingerprint density at radius 1 is 1.36 bits per heavy atom. The van der Waals surface area contributed by atoms with Gasteiger partial charge in [-0.1, -0.05) is 32.0 Å². The SMILES string of the molecule is CCC(CS(=O)(=O)c1ccccc1)NC(=NC)N1CCSC(CC)C1. The van der Waals surface area contributed by atoms with Gasteiger partial charge in [-0.05, 0) is 25.0 Å². The van der Waals surface area contributed by atoms with Crippen LogP contribution in [0.4, 0.5) is 0 Å². The third kappa shape index (κ3) is 5.64. The maximum absolute atomic E-state index is 12.6. The van der Waals surface area contributed by atoms with E-state index in [0.717, 1.165) is 37.6 Å². The van der Waals surface area contributed by atoms with Crippen LogP contribution in [0, 0.1) is 0 Å². The van der Waals surface area contributed by atoms with Crippen molar-refractivity contribution in [3.05, 3.63) is 30.3 Å². The maximum Gasteiger partial charge on any atom is 0.193 e. The van der Waals surface area contributed by atoms with Gasteiger partial charge in [0.2, 0.25) is 0 Å². The summed E-state index contributed by atoms with van der Waals surface area (Å²) in [5.74, 6) is 1.97. The Hall–Kier alpha value is -1.21. The van der Waals surface area contributed by atoms with Crippen molar-refractivity contribution in [2.24, 2.45) is 4.99 Å². The number of aliphatic imine (C=N–C) groups is 1. The van der Waals surface area contributed by atoms with Gasteiger partial charge in [0.15, 0.2) is 15.8 Å². The van der Waals surface area contributed by atoms with E-state index in [1.54, 1.807) is 31.3 Å². The van der Waals surface area contributed by atoms with E-state index >= 15 is 0 Å². The molecule has 0 aromatic heterocycles. The molecule has 1 aliphatic rings. The molecule has 1 aromatic carbocycles. The predicted octanol–water partition coefficient (Wildman–Crippen LogP) is 2.64. The van der Waals surface area contributed by atoms with Gasteiger partial charge in [0.05, 0.1) is 10.6 Å². The molecule has 0 aliphatic carbocycles. The maximum atomic E-state index is 12.6. The van der Waals surface area contributed by atoms with E-state index in [0.29, 0.717) is 10.1 Å². The van der Waals surface area contributed by atoms with Crippen LogP contribution in [0.25, 0.3) is 0 Å². The van der Waals surface area contributed by atoms with E-state index in [4.69, 9.17) is 0 Å². The Morgan fingerprint density at radius 3 is 2.68 bits per heavy atom. The Morgan fingerprint density at radius 2 is 2.08 bits per heavy atom. The van der Waals surface area contributed by atoms with Crippen molar-refractivity contribution in [3.63, 3.8) is 0 Å². The number of nitrogens with one attached hydrogen (secondary N) is 1. The highest BCUT2D eigenvalue weighted by Gasteiger charge is 2.25. The molecule has 2 atom stereocenters. The third-order valence-electron chi connectivity index (χ3n) is 4.45. The van der Waals surface area contributed by atoms with E-state index in [1.807, 2.05) is 24.8 Å². The molecule has 140 valence electrons. The first-order chi connectivity index (χ1) is 12.0. The summed E-state index contributed by atoms with van der Waals surface area (Å²) in [6.07, 6.45) is 1.86. The summed E-state index contributed by atoms with van der Waals surface area (Å²) in [5, 5.41) is 3.99. The van der Waals surface area contributed by atoms with Crippen LogP contribution < -0.4 is 5.32 Å². The Kier molecular flexibility index (Phi) is 7.62. The number of hydrogen-bond acceptors (Lipinski definition) is 4. The summed E-state index contributed by atoms with van der Waals surface area (Å²) in [6, 6.07) is 8.51. The lowest BCUT2D eigenvalue weighted by Gasteiger charge is -2.35. The van der Waals surface area contributed by atoms with Crippen molar-refractivity contribution >= 4 is 27.6 Å². The molecular weight excluding hydrogens is 354 g/mol. The average Bonchev–Trinajstić information content (AvgIpc) is 2.65. The second-order valence-electron chi connectivity index (χ2n) is 6.24. The van der Waals surface area contributed by atoms with Crippen molar-refractivity contribution in [2.75, 3.05) is 31.6 Å². The molecule has 1 saturated heterocycles. The quantitative estimate of drug-likeness (QED) is 0.604. The summed E-state index contributed by atoms with van der Waals surface area (Å²) >= 11 is 2.01. The van der Waals surface area contributed by atoms with Gasteiger partial charge in [-0.15, -0.1) is 0 Å². The van der Waals surface area contributed by atoms with Gasteiger partial charge < -0.3 is 10.2 Å². The Labute approximate surface area is 156 Å². The van der Waals surface area contributed by atoms with Crippen LogP contribution in [0.3, 0.4) is 0 Å². The molecule has 0 saturated carbocycles. The normalized spacial score (nSPS) is 20.4. The molecule has 0 amide bonds. The minimum Gasteiger partial charge on any atom is -0.352 e. The number of hydrogen-bond donors (Lipinski definition) is 1. The highest BCUT2D eigenvalue weighted by Crippen LogP contribution is 2.21. The lowest BCUT2D eigenvalue weighted by molar-refractivity contribution is 0.400. The van der Waals surface area contributed by atoms with Gasteiger partial charge in [0, 0.05) is 37.2 Å². The Bertz CT molecular complexity index is 662. The molecule has 7 heteroatoms. The number of thioether (sulfide) groups is 1. The third-order valence-corrected chi connectivity index (χ3v) is 7.66. The highest BCUT2D eigenvalue weighted by atomic mass is 32.2. The number of nitrogens with zero attached hydrogens (tertiary/aromatic N) is 2. The molecule has 2 rings (SSSR count). The lowest BCUT2D eigenvalue weighted by Crippen LogP contribution is -2.52. The largest absolute Gasteiger partial charge is 0.352 e. The minimum atomic E-state index is -3.31. The summed E-state index contributed by atoms with van der Waals surface area (Å²) in [4.78, 5) is 7.03. The van der Waals surface area contributed by atoms with Crippen LogP contribution in [0.15, 0.2) is 40.2 Å². The van der Waals surface area contributed by atoms with E-state index in [-0.39, 0.29) is 11.8 Å². The fourth-order valence-corrected chi connectivity index (χ4v) is 5.68. The van der Waals surface area contributed by atoms with E-state index in [9.17, 15) is 8.42 Å². The summed E-state index contributed by atoms with van der Waals surface area (Å²) in [6.45, 7) is 6.12. The fraction of sp³-hybridized carbons (Fsp3) is 0.611. The van der Waals surface area contributed by atoms with Crippen LogP contribution in [-0.2, 0) is 9.84 Å². The van der Waals surface area contributed by atoms with Gasteiger partial charge in [0.1, 0.15) is 0 Å². The van der Waals surface area contributed by atoms with Crippen molar-refractivity contribution in [3.8, 4) is 0 Å². The number of rotatable bonds is 6. The van der Waals surface area contributed by atoms with Crippen molar-refractivity contribution in [1.82, 2.24) is 10.2 Å². The van der Waals surface area contributed by atoms with Crippen LogP contribution in [0.2, 0.25) is 0 Å². The zero-order chi connectivity index (χ0) is 18.3. The first-order valence-corrected chi connectivity index (χ1v) is 11.6. The second-order valence-corrected chi connectivity index (χ2v) is 9.68. The summed E-state index contributed by atoms with van der Waals surface area (Å²) < 4.78 is 25.3. The molecule has 1 heterocycles. The lowest BCUT2D eigenvalue weighted by atomic mass is 10.2. The van der Waals surface area contributed by atoms with Crippen LogP contribution in [0.5, 0.6) is 0 Å². The van der Waals surface area contributed by atoms with Gasteiger partial charge >= 0.3 is 0 Å². The number of guanidine groups is 1. The van der Waals surface area contributed by atoms with Crippen LogP contribution in [0.1, 0.15) is 26.7 Å². The first kappa shape index (κ1) is 20.1. The summed E-state index contributed by atoms with van der Waals surface area (Å²) in [7, 11) is -1.54. The molecule has 25 heavy (non-hydrogen) atoms. The van der Waals surface area contributed by atoms with E-state index in [1.165, 1.54) is 0 Å². The zero-order valence-corrected chi connectivity index (χ0v) is 16.9. The monoisotopic (exact) mass is 383 g/mol. The molecular formula is C18H29N3O2S2. The topological polar surface area (TPSA) is 61.8 Å². The predicted molar refractivity (Wildman–Crippen MR) is 107 cm³/mol. The number of sulfone groups is 1. The molecule has 1 aliphatic heterocycles. The van der Waals surface area contributed by atoms with Crippen LogP contribution in [-0.4, -0.2) is 62.2 Å². The minimum absolute atomic E-state index is 0.0757. The van der Waals surface area contributed by atoms with E-state index < -0.39 is 9.84 Å². The second kappa shape index (κ2) is 9.48. The molecule has 2 unspecified atom stereocenters. The number of benzene rings is 1. The molecule has 0 spiro atoms. The molecule has 5 nitrogen and oxygen atoms in total. The summed E-state index contributed by atoms with van der Waals surface area (Å²) in [5.41, 5.74) is 0. The van der Waals surface area contributed by atoms with Gasteiger partial charge in [-0.2, -0.15) is 11.8 Å². The van der Waals surface area contributed by atoms with Crippen molar-refractivity contribution < 1.29 is 8.42 Å². The van der Waals surface area contributed by atoms with Crippen LogP contribution >= 0.6 is 11.8 Å². The molecule has 1 aromatic rings. The van der Waals surface area contributed by atoms with Crippen molar-refractivity contribution in [1.29, 1.82) is 0 Å². The molecule has 1 N–H and O–H groups in total. The van der Waals surface area contributed by atoms with Gasteiger partial charge in [-0.25, -0.2) is 8.42 Å². The highest BCUT2D eigenvalue weighted by molar-refractivity contribution is 8.00. The van der Waals surface area contributed by atoms with E-state index in [2.05, 4.69) is 22.1 Å². The zero-order valence-electron chi connectivity index (χ0n) is 15.3. The smallest absolute Gasteiger partial charge is 0.193 e. The van der Waals surface area contributed by atoms with Gasteiger partial charge in [0.25, 0.3) is 0 Å². The first-order valence-electron chi connectivity index (χ1n) is 8.87. The molecule has 0 bridgehead atoms. The standard InChI is InChI=1S/C18H29N3O2S2/c1-4-15(14-25(22,23)17-9-7-6-8-10-17)20-18(19-3)21-11-12-24-16(5-2)13-21/h6-10,15-16H,4-5,11-14H2,1-3H3,(H,19,20). The Balaban J connectivity index is 2.05. The molecule has 1 fully saturated rings. The van der Waals surface area contributed by atoms with Crippen molar-refractivity contribution in [2.45, 2.75) is 42.9 Å². The molecule has 0 radical (unpaired) electrons.